The zero-order chi connectivity index (χ0) is 14.3. The highest BCUT2D eigenvalue weighted by Gasteiger charge is 2.30. The number of aromatic nitrogens is 4. The second-order valence-corrected chi connectivity index (χ2v) is 6.13. The van der Waals surface area contributed by atoms with Crippen LogP contribution in [0.2, 0.25) is 0 Å². The molecule has 3 rings (SSSR count). The minimum absolute atomic E-state index is 0.0268. The highest BCUT2D eigenvalue weighted by molar-refractivity contribution is 7.92. The average molecular weight is 297 g/mol. The van der Waals surface area contributed by atoms with Crippen LogP contribution in [0.3, 0.4) is 0 Å². The molecule has 1 aliphatic carbocycles. The molecule has 106 valence electrons. The molecule has 1 fully saturated rings. The van der Waals surface area contributed by atoms with Gasteiger partial charge in [-0.2, -0.15) is 10.1 Å². The summed E-state index contributed by atoms with van der Waals surface area (Å²) in [5.41, 5.74) is -0.0366. The summed E-state index contributed by atoms with van der Waals surface area (Å²) in [6.07, 6.45) is 4.20. The lowest BCUT2D eigenvalue weighted by atomic mass is 10.4. The number of carboxylic acids is 1. The molecule has 3 N–H and O–H groups in total. The van der Waals surface area contributed by atoms with E-state index >= 15 is 0 Å². The molecule has 0 aliphatic heterocycles. The summed E-state index contributed by atoms with van der Waals surface area (Å²) in [6, 6.07) is 1.20. The topological polar surface area (TPSA) is 130 Å². The molecule has 2 aromatic rings. The maximum atomic E-state index is 12.1. The number of hydrogen-bond acceptors (Lipinski definition) is 5. The highest BCUT2D eigenvalue weighted by atomic mass is 32.2. The van der Waals surface area contributed by atoms with Crippen LogP contribution in [0, 0.1) is 0 Å². The molecule has 0 saturated heterocycles. The predicted molar refractivity (Wildman–Crippen MR) is 66.9 cm³/mol. The third kappa shape index (κ3) is 2.25. The van der Waals surface area contributed by atoms with Gasteiger partial charge in [0, 0.05) is 12.2 Å². The number of aromatic carboxylic acids is 1. The van der Waals surface area contributed by atoms with Crippen molar-refractivity contribution in [1.82, 2.24) is 19.7 Å². The summed E-state index contributed by atoms with van der Waals surface area (Å²) in [6.45, 7) is 0. The highest BCUT2D eigenvalue weighted by Crippen LogP contribution is 2.37. The van der Waals surface area contributed by atoms with E-state index in [0.29, 0.717) is 0 Å². The third-order valence-corrected chi connectivity index (χ3v) is 4.25. The Bertz CT molecular complexity index is 745. The fourth-order valence-corrected chi connectivity index (χ4v) is 2.86. The van der Waals surface area contributed by atoms with Crippen molar-refractivity contribution in [3.63, 3.8) is 0 Å². The first-order valence-corrected chi connectivity index (χ1v) is 7.29. The SMILES string of the molecule is O=C(O)c1cc(S(=O)(=O)Nc2ncn[nH]2)cn1C1CC1. The van der Waals surface area contributed by atoms with Crippen LogP contribution in [0.25, 0.3) is 0 Å². The van der Waals surface area contributed by atoms with Gasteiger partial charge in [0.05, 0.1) is 0 Å². The van der Waals surface area contributed by atoms with Crippen molar-refractivity contribution in [2.24, 2.45) is 0 Å². The van der Waals surface area contributed by atoms with Gasteiger partial charge in [-0.15, -0.1) is 0 Å². The van der Waals surface area contributed by atoms with E-state index in [-0.39, 0.29) is 22.6 Å². The van der Waals surface area contributed by atoms with Crippen LogP contribution in [0.15, 0.2) is 23.5 Å². The first-order valence-electron chi connectivity index (χ1n) is 5.81. The Morgan fingerprint density at radius 1 is 1.50 bits per heavy atom. The fraction of sp³-hybridized carbons (Fsp3) is 0.300. The molecule has 0 unspecified atom stereocenters. The lowest BCUT2D eigenvalue weighted by Crippen LogP contribution is -2.13. The molecule has 9 nitrogen and oxygen atoms in total. The number of sulfonamides is 1. The van der Waals surface area contributed by atoms with Gasteiger partial charge in [0.25, 0.3) is 10.0 Å². The Morgan fingerprint density at radius 3 is 2.80 bits per heavy atom. The van der Waals surface area contributed by atoms with E-state index in [1.165, 1.54) is 10.8 Å². The maximum Gasteiger partial charge on any atom is 0.352 e. The number of H-pyrrole nitrogens is 1. The maximum absolute atomic E-state index is 12.1. The van der Waals surface area contributed by atoms with Crippen LogP contribution < -0.4 is 4.72 Å². The van der Waals surface area contributed by atoms with Crippen LogP contribution in [0.5, 0.6) is 0 Å². The normalized spacial score (nSPS) is 15.2. The summed E-state index contributed by atoms with van der Waals surface area (Å²) in [7, 11) is -3.89. The average Bonchev–Trinajstić information content (AvgIpc) is 2.90. The van der Waals surface area contributed by atoms with Gasteiger partial charge in [-0.05, 0) is 18.9 Å². The molecule has 0 atom stereocenters. The first-order chi connectivity index (χ1) is 9.47. The Morgan fingerprint density at radius 2 is 2.25 bits per heavy atom. The number of rotatable bonds is 5. The quantitative estimate of drug-likeness (QED) is 0.734. The Labute approximate surface area is 113 Å². The molecule has 20 heavy (non-hydrogen) atoms. The summed E-state index contributed by atoms with van der Waals surface area (Å²) in [5.74, 6) is -1.18. The number of anilines is 1. The molecule has 10 heteroatoms. The molecule has 0 spiro atoms. The Balaban J connectivity index is 1.97. The monoisotopic (exact) mass is 297 g/mol. The van der Waals surface area contributed by atoms with Crippen molar-refractivity contribution in [2.45, 2.75) is 23.8 Å². The molecule has 1 aliphatic rings. The number of nitrogens with zero attached hydrogens (tertiary/aromatic N) is 3. The molecule has 0 bridgehead atoms. The van der Waals surface area contributed by atoms with Gasteiger partial charge in [0.1, 0.15) is 16.9 Å². The van der Waals surface area contributed by atoms with Gasteiger partial charge in [-0.1, -0.05) is 0 Å². The summed E-state index contributed by atoms with van der Waals surface area (Å²) >= 11 is 0. The van der Waals surface area contributed by atoms with E-state index < -0.39 is 16.0 Å². The number of carboxylic acid groups (broad SMARTS) is 1. The zero-order valence-electron chi connectivity index (χ0n) is 10.1. The van der Waals surface area contributed by atoms with Crippen molar-refractivity contribution in [3.8, 4) is 0 Å². The Kier molecular flexibility index (Phi) is 2.74. The second-order valence-electron chi connectivity index (χ2n) is 4.44. The molecule has 0 radical (unpaired) electrons. The standard InChI is InChI=1S/C10H11N5O4S/c16-9(17)8-3-7(4-15(8)6-1-2-6)20(18,19)14-10-11-5-12-13-10/h3-6H,1-2H2,(H,16,17)(H2,11,12,13,14). The van der Waals surface area contributed by atoms with E-state index in [1.54, 1.807) is 0 Å². The molecule has 1 saturated carbocycles. The van der Waals surface area contributed by atoms with E-state index in [1.807, 2.05) is 0 Å². The van der Waals surface area contributed by atoms with Crippen molar-refractivity contribution in [2.75, 3.05) is 4.72 Å². The fourth-order valence-electron chi connectivity index (χ4n) is 1.87. The van der Waals surface area contributed by atoms with Crippen LogP contribution in [-0.2, 0) is 10.0 Å². The van der Waals surface area contributed by atoms with Crippen molar-refractivity contribution in [1.29, 1.82) is 0 Å². The van der Waals surface area contributed by atoms with Gasteiger partial charge < -0.3 is 9.67 Å². The van der Waals surface area contributed by atoms with Crippen molar-refractivity contribution < 1.29 is 18.3 Å². The number of nitrogens with one attached hydrogen (secondary N) is 2. The van der Waals surface area contributed by atoms with E-state index in [2.05, 4.69) is 19.9 Å². The lowest BCUT2D eigenvalue weighted by Gasteiger charge is -2.02. The van der Waals surface area contributed by atoms with Crippen LogP contribution in [-0.4, -0.2) is 39.2 Å². The largest absolute Gasteiger partial charge is 0.477 e. The van der Waals surface area contributed by atoms with Gasteiger partial charge in [0.2, 0.25) is 5.95 Å². The van der Waals surface area contributed by atoms with Crippen LogP contribution in [0.4, 0.5) is 5.95 Å². The molecular weight excluding hydrogens is 286 g/mol. The number of hydrogen-bond donors (Lipinski definition) is 3. The van der Waals surface area contributed by atoms with Crippen LogP contribution >= 0.6 is 0 Å². The zero-order valence-corrected chi connectivity index (χ0v) is 11.0. The minimum Gasteiger partial charge on any atom is -0.477 e. The molecule has 0 aromatic carbocycles. The second kappa shape index (κ2) is 4.34. The van der Waals surface area contributed by atoms with Crippen LogP contribution in [0.1, 0.15) is 29.4 Å². The summed E-state index contributed by atoms with van der Waals surface area (Å²) < 4.78 is 27.9. The molecule has 0 amide bonds. The first kappa shape index (κ1) is 12.7. The number of aromatic amines is 1. The van der Waals surface area contributed by atoms with Gasteiger partial charge in [-0.25, -0.2) is 23.0 Å². The smallest absolute Gasteiger partial charge is 0.352 e. The minimum atomic E-state index is -3.89. The molecular formula is C10H11N5O4S. The summed E-state index contributed by atoms with van der Waals surface area (Å²) in [4.78, 5) is 14.7. The molecule has 2 heterocycles. The summed E-state index contributed by atoms with van der Waals surface area (Å²) in [5, 5.41) is 15.0. The number of carbonyl (C=O) groups is 1. The van der Waals surface area contributed by atoms with Gasteiger partial charge >= 0.3 is 5.97 Å². The van der Waals surface area contributed by atoms with Gasteiger partial charge in [-0.3, -0.25) is 0 Å². The molecule has 2 aromatic heterocycles. The van der Waals surface area contributed by atoms with E-state index in [4.69, 9.17) is 5.11 Å². The lowest BCUT2D eigenvalue weighted by molar-refractivity contribution is 0.0685. The Hall–Kier alpha value is -2.36. The van der Waals surface area contributed by atoms with Crippen molar-refractivity contribution >= 4 is 21.9 Å². The third-order valence-electron chi connectivity index (χ3n) is 2.94. The van der Waals surface area contributed by atoms with E-state index in [9.17, 15) is 13.2 Å². The van der Waals surface area contributed by atoms with E-state index in [0.717, 1.165) is 25.2 Å². The van der Waals surface area contributed by atoms with Gasteiger partial charge in [0.15, 0.2) is 0 Å². The van der Waals surface area contributed by atoms with Crippen molar-refractivity contribution in [3.05, 3.63) is 24.3 Å². The predicted octanol–water partition coefficient (Wildman–Crippen LogP) is 0.440.